The van der Waals surface area contributed by atoms with Crippen molar-refractivity contribution in [3.8, 4) is 16.9 Å². The second kappa shape index (κ2) is 8.59. The molecule has 1 aliphatic rings. The minimum atomic E-state index is -3.74. The highest BCUT2D eigenvalue weighted by atomic mass is 32.2. The molecule has 0 bridgehead atoms. The molecule has 7 nitrogen and oxygen atoms in total. The third-order valence-corrected chi connectivity index (χ3v) is 7.53. The number of sulfonamides is 1. The Kier molecular flexibility index (Phi) is 6.03. The van der Waals surface area contributed by atoms with E-state index in [2.05, 4.69) is 14.8 Å². The lowest BCUT2D eigenvalue weighted by Gasteiger charge is -2.18. The van der Waals surface area contributed by atoms with E-state index in [0.29, 0.717) is 5.75 Å². The number of hydrogen-bond acceptors (Lipinski definition) is 5. The lowest BCUT2D eigenvalue weighted by Crippen LogP contribution is -2.34. The highest BCUT2D eigenvalue weighted by molar-refractivity contribution is 7.89. The second-order valence-corrected chi connectivity index (χ2v) is 10.1. The molecule has 1 fully saturated rings. The van der Waals surface area contributed by atoms with Crippen LogP contribution in [-0.4, -0.2) is 36.2 Å². The zero-order valence-electron chi connectivity index (χ0n) is 18.6. The fourth-order valence-electron chi connectivity index (χ4n) is 4.49. The highest BCUT2D eigenvalue weighted by Crippen LogP contribution is 2.34. The molecular weight excluding hydrogens is 412 g/mol. The van der Waals surface area contributed by atoms with E-state index >= 15 is 0 Å². The minimum absolute atomic E-state index is 0.0356. The van der Waals surface area contributed by atoms with Gasteiger partial charge in [-0.25, -0.2) is 22.6 Å². The summed E-state index contributed by atoms with van der Waals surface area (Å²) in [5.41, 5.74) is 4.98. The Morgan fingerprint density at radius 2 is 1.77 bits per heavy atom. The van der Waals surface area contributed by atoms with Crippen LogP contribution < -0.4 is 9.46 Å². The van der Waals surface area contributed by atoms with Gasteiger partial charge in [0, 0.05) is 23.0 Å². The van der Waals surface area contributed by atoms with Crippen LogP contribution in [0.15, 0.2) is 29.2 Å². The molecule has 1 saturated carbocycles. The van der Waals surface area contributed by atoms with Gasteiger partial charge in [0.15, 0.2) is 5.65 Å². The number of hydrogen-bond donors (Lipinski definition) is 1. The van der Waals surface area contributed by atoms with Crippen molar-refractivity contribution in [1.29, 1.82) is 0 Å². The van der Waals surface area contributed by atoms with E-state index in [1.165, 1.54) is 7.11 Å². The Bertz CT molecular complexity index is 1210. The van der Waals surface area contributed by atoms with Gasteiger partial charge >= 0.3 is 0 Å². The topological polar surface area (TPSA) is 85.6 Å². The van der Waals surface area contributed by atoms with Gasteiger partial charge in [0.25, 0.3) is 0 Å². The number of aromatic nitrogens is 3. The van der Waals surface area contributed by atoms with Gasteiger partial charge in [0.2, 0.25) is 10.0 Å². The molecule has 0 atom stereocenters. The van der Waals surface area contributed by atoms with Crippen molar-refractivity contribution in [3.63, 3.8) is 0 Å². The van der Waals surface area contributed by atoms with E-state index in [1.54, 1.807) is 16.6 Å². The summed E-state index contributed by atoms with van der Waals surface area (Å²) in [6.45, 7) is 5.85. The maximum atomic E-state index is 13.3. The number of benzene rings is 1. The molecule has 166 valence electrons. The molecule has 0 aliphatic heterocycles. The molecule has 2 aromatic heterocycles. The summed E-state index contributed by atoms with van der Waals surface area (Å²) in [7, 11) is -2.24. The minimum Gasteiger partial charge on any atom is -0.495 e. The van der Waals surface area contributed by atoms with Crippen LogP contribution >= 0.6 is 0 Å². The van der Waals surface area contributed by atoms with Gasteiger partial charge in [-0.2, -0.15) is 5.10 Å². The predicted octanol–water partition coefficient (Wildman–Crippen LogP) is 4.33. The molecule has 0 radical (unpaired) electrons. The van der Waals surface area contributed by atoms with E-state index in [9.17, 15) is 8.42 Å². The molecule has 3 aromatic rings. The average Bonchev–Trinajstić information content (AvgIpc) is 2.88. The van der Waals surface area contributed by atoms with Crippen LogP contribution in [0, 0.1) is 20.8 Å². The van der Waals surface area contributed by atoms with Crippen LogP contribution in [0.4, 0.5) is 0 Å². The van der Waals surface area contributed by atoms with Crippen LogP contribution in [0.3, 0.4) is 0 Å². The van der Waals surface area contributed by atoms with Crippen molar-refractivity contribution in [1.82, 2.24) is 19.3 Å². The molecule has 1 aliphatic carbocycles. The number of nitrogens with zero attached hydrogens (tertiary/aromatic N) is 3. The molecule has 31 heavy (non-hydrogen) atoms. The lowest BCUT2D eigenvalue weighted by atomic mass is 10.1. The molecule has 2 heterocycles. The largest absolute Gasteiger partial charge is 0.495 e. The normalized spacial score (nSPS) is 15.9. The van der Waals surface area contributed by atoms with Crippen molar-refractivity contribution in [3.05, 3.63) is 41.3 Å². The standard InChI is InChI=1S/C23H30N4O3S/c1-15-13-16(2)27-23(24-15)22(17(3)25-27)18-11-12-20(30-4)21(14-18)31(28,29)26-19-9-7-5-6-8-10-19/h11-14,19,26H,5-10H2,1-4H3. The van der Waals surface area contributed by atoms with Gasteiger partial charge < -0.3 is 4.74 Å². The predicted molar refractivity (Wildman–Crippen MR) is 121 cm³/mol. The number of methoxy groups -OCH3 is 1. The Hall–Kier alpha value is -2.45. The molecule has 0 saturated heterocycles. The molecule has 8 heteroatoms. The summed E-state index contributed by atoms with van der Waals surface area (Å²) in [6.07, 6.45) is 6.17. The monoisotopic (exact) mass is 442 g/mol. The first-order valence-corrected chi connectivity index (χ1v) is 12.3. The number of aryl methyl sites for hydroxylation is 3. The maximum Gasteiger partial charge on any atom is 0.244 e. The molecule has 0 amide bonds. The van der Waals surface area contributed by atoms with E-state index in [0.717, 1.165) is 72.4 Å². The summed E-state index contributed by atoms with van der Waals surface area (Å²) in [6, 6.07) is 7.20. The Labute approximate surface area is 183 Å². The number of rotatable bonds is 5. The zero-order chi connectivity index (χ0) is 22.2. The Morgan fingerprint density at radius 3 is 2.45 bits per heavy atom. The summed E-state index contributed by atoms with van der Waals surface area (Å²) < 4.78 is 36.8. The first-order valence-electron chi connectivity index (χ1n) is 10.8. The third-order valence-electron chi connectivity index (χ3n) is 5.99. The first-order chi connectivity index (χ1) is 14.8. The number of ether oxygens (including phenoxy) is 1. The SMILES string of the molecule is COc1ccc(-c2c(C)nn3c(C)cc(C)nc23)cc1S(=O)(=O)NC1CCCCCC1. The van der Waals surface area contributed by atoms with Crippen molar-refractivity contribution in [2.45, 2.75) is 70.2 Å². The average molecular weight is 443 g/mol. The Morgan fingerprint density at radius 1 is 1.06 bits per heavy atom. The highest BCUT2D eigenvalue weighted by Gasteiger charge is 2.26. The first kappa shape index (κ1) is 21.8. The zero-order valence-corrected chi connectivity index (χ0v) is 19.4. The van der Waals surface area contributed by atoms with Crippen molar-refractivity contribution < 1.29 is 13.2 Å². The van der Waals surface area contributed by atoms with Crippen LogP contribution in [0.1, 0.15) is 55.6 Å². The fraction of sp³-hybridized carbons (Fsp3) is 0.478. The second-order valence-electron chi connectivity index (χ2n) is 8.41. The molecule has 1 aromatic carbocycles. The lowest BCUT2D eigenvalue weighted by molar-refractivity contribution is 0.401. The van der Waals surface area contributed by atoms with E-state index in [-0.39, 0.29) is 10.9 Å². The van der Waals surface area contributed by atoms with Crippen molar-refractivity contribution >= 4 is 15.7 Å². The van der Waals surface area contributed by atoms with Crippen molar-refractivity contribution in [2.75, 3.05) is 7.11 Å². The molecular formula is C23H30N4O3S. The van der Waals surface area contributed by atoms with Gasteiger partial charge in [-0.1, -0.05) is 31.7 Å². The van der Waals surface area contributed by atoms with Crippen LogP contribution in [0.5, 0.6) is 5.75 Å². The van der Waals surface area contributed by atoms with Crippen molar-refractivity contribution in [2.24, 2.45) is 0 Å². The van der Waals surface area contributed by atoms with E-state index in [4.69, 9.17) is 4.74 Å². The number of nitrogens with one attached hydrogen (secondary N) is 1. The van der Waals surface area contributed by atoms with Gasteiger partial charge in [0.1, 0.15) is 10.6 Å². The quantitative estimate of drug-likeness (QED) is 0.595. The maximum absolute atomic E-state index is 13.3. The smallest absolute Gasteiger partial charge is 0.244 e. The van der Waals surface area contributed by atoms with Gasteiger partial charge in [-0.05, 0) is 57.4 Å². The summed E-state index contributed by atoms with van der Waals surface area (Å²) in [5, 5.41) is 4.63. The van der Waals surface area contributed by atoms with Gasteiger partial charge in [0.05, 0.1) is 12.8 Å². The summed E-state index contributed by atoms with van der Waals surface area (Å²) >= 11 is 0. The molecule has 0 unspecified atom stereocenters. The van der Waals surface area contributed by atoms with Crippen LogP contribution in [0.25, 0.3) is 16.8 Å². The third kappa shape index (κ3) is 4.32. The summed E-state index contributed by atoms with van der Waals surface area (Å²) in [5.74, 6) is 0.333. The van der Waals surface area contributed by atoms with Crippen LogP contribution in [0.2, 0.25) is 0 Å². The number of fused-ring (bicyclic) bond motifs is 1. The molecule has 0 spiro atoms. The molecule has 4 rings (SSSR count). The van der Waals surface area contributed by atoms with Crippen LogP contribution in [-0.2, 0) is 10.0 Å². The fourth-order valence-corrected chi connectivity index (χ4v) is 5.99. The van der Waals surface area contributed by atoms with E-state index < -0.39 is 10.0 Å². The van der Waals surface area contributed by atoms with E-state index in [1.807, 2.05) is 32.9 Å². The van der Waals surface area contributed by atoms with Gasteiger partial charge in [-0.15, -0.1) is 0 Å². The Balaban J connectivity index is 1.80. The molecule has 1 N–H and O–H groups in total. The van der Waals surface area contributed by atoms with Gasteiger partial charge in [-0.3, -0.25) is 0 Å². The summed E-state index contributed by atoms with van der Waals surface area (Å²) in [4.78, 5) is 4.83.